The van der Waals surface area contributed by atoms with Crippen LogP contribution in [0, 0.1) is 0 Å². The number of rotatable bonds is 5. The van der Waals surface area contributed by atoms with Crippen molar-refractivity contribution < 1.29 is 9.47 Å². The summed E-state index contributed by atoms with van der Waals surface area (Å²) in [6, 6.07) is 0.983. The van der Waals surface area contributed by atoms with Crippen LogP contribution in [0.5, 0.6) is 0 Å². The van der Waals surface area contributed by atoms with Crippen molar-refractivity contribution in [1.29, 1.82) is 0 Å². The molecule has 0 aromatic rings. The lowest BCUT2D eigenvalue weighted by Gasteiger charge is -2.17. The van der Waals surface area contributed by atoms with Crippen LogP contribution in [0.3, 0.4) is 0 Å². The summed E-state index contributed by atoms with van der Waals surface area (Å²) in [5.41, 5.74) is 0. The second-order valence-electron chi connectivity index (χ2n) is 3.29. The first kappa shape index (κ1) is 9.96. The summed E-state index contributed by atoms with van der Waals surface area (Å²) in [5.74, 6) is 0. The molecule has 0 amide bonds. The zero-order valence-electron chi connectivity index (χ0n) is 8.01. The molecule has 0 aromatic carbocycles. The Labute approximate surface area is 74.4 Å². The van der Waals surface area contributed by atoms with Gasteiger partial charge in [0.1, 0.15) is 0 Å². The molecular formula is C9H19NO2. The SMILES string of the molecule is CCOCC(C)NC1CCOC1. The molecule has 0 radical (unpaired) electrons. The molecule has 1 heterocycles. The first-order valence-electron chi connectivity index (χ1n) is 4.74. The topological polar surface area (TPSA) is 30.5 Å². The summed E-state index contributed by atoms with van der Waals surface area (Å²) in [6.45, 7) is 7.52. The Morgan fingerprint density at radius 2 is 2.50 bits per heavy atom. The lowest BCUT2D eigenvalue weighted by molar-refractivity contribution is 0.121. The molecule has 1 N–H and O–H groups in total. The standard InChI is InChI=1S/C9H19NO2/c1-3-11-6-8(2)10-9-4-5-12-7-9/h8-10H,3-7H2,1-2H3. The summed E-state index contributed by atoms with van der Waals surface area (Å²) < 4.78 is 10.6. The van der Waals surface area contributed by atoms with E-state index in [-0.39, 0.29) is 0 Å². The highest BCUT2D eigenvalue weighted by molar-refractivity contribution is 4.74. The maximum Gasteiger partial charge on any atom is 0.0620 e. The Morgan fingerprint density at radius 3 is 3.08 bits per heavy atom. The predicted molar refractivity (Wildman–Crippen MR) is 48.3 cm³/mol. The first-order valence-corrected chi connectivity index (χ1v) is 4.74. The third-order valence-electron chi connectivity index (χ3n) is 2.02. The van der Waals surface area contributed by atoms with Gasteiger partial charge in [-0.2, -0.15) is 0 Å². The van der Waals surface area contributed by atoms with Crippen LogP contribution in [0.25, 0.3) is 0 Å². The molecule has 1 aliphatic rings. The van der Waals surface area contributed by atoms with E-state index in [0.717, 1.165) is 32.8 Å². The molecule has 1 aliphatic heterocycles. The third kappa shape index (κ3) is 3.52. The maximum absolute atomic E-state index is 5.30. The van der Waals surface area contributed by atoms with Crippen molar-refractivity contribution in [2.24, 2.45) is 0 Å². The smallest absolute Gasteiger partial charge is 0.0620 e. The van der Waals surface area contributed by atoms with Crippen molar-refractivity contribution in [3.8, 4) is 0 Å². The quantitative estimate of drug-likeness (QED) is 0.666. The molecule has 2 unspecified atom stereocenters. The van der Waals surface area contributed by atoms with Gasteiger partial charge in [0.25, 0.3) is 0 Å². The minimum Gasteiger partial charge on any atom is -0.380 e. The van der Waals surface area contributed by atoms with Gasteiger partial charge in [-0.25, -0.2) is 0 Å². The fraction of sp³-hybridized carbons (Fsp3) is 1.00. The maximum atomic E-state index is 5.30. The van der Waals surface area contributed by atoms with E-state index in [1.807, 2.05) is 6.92 Å². The van der Waals surface area contributed by atoms with Crippen LogP contribution in [-0.4, -0.2) is 38.5 Å². The lowest BCUT2D eigenvalue weighted by atomic mass is 10.2. The molecule has 0 spiro atoms. The molecular weight excluding hydrogens is 154 g/mol. The molecule has 0 aliphatic carbocycles. The normalized spacial score (nSPS) is 26.0. The van der Waals surface area contributed by atoms with Gasteiger partial charge in [-0.3, -0.25) is 0 Å². The van der Waals surface area contributed by atoms with Crippen LogP contribution in [0.1, 0.15) is 20.3 Å². The predicted octanol–water partition coefficient (Wildman–Crippen LogP) is 0.790. The highest BCUT2D eigenvalue weighted by Crippen LogP contribution is 2.04. The van der Waals surface area contributed by atoms with E-state index in [1.54, 1.807) is 0 Å². The van der Waals surface area contributed by atoms with Gasteiger partial charge in [0, 0.05) is 25.3 Å². The Bertz CT molecular complexity index is 113. The molecule has 3 nitrogen and oxygen atoms in total. The van der Waals surface area contributed by atoms with Crippen LogP contribution in [-0.2, 0) is 9.47 Å². The Kier molecular flexibility index (Phi) is 4.58. The highest BCUT2D eigenvalue weighted by Gasteiger charge is 2.16. The van der Waals surface area contributed by atoms with E-state index in [4.69, 9.17) is 9.47 Å². The van der Waals surface area contributed by atoms with Crippen molar-refractivity contribution >= 4 is 0 Å². The molecule has 72 valence electrons. The van der Waals surface area contributed by atoms with Crippen LogP contribution in [0.2, 0.25) is 0 Å². The van der Waals surface area contributed by atoms with Crippen LogP contribution >= 0.6 is 0 Å². The van der Waals surface area contributed by atoms with E-state index in [1.165, 1.54) is 0 Å². The second kappa shape index (κ2) is 5.51. The number of nitrogens with one attached hydrogen (secondary N) is 1. The second-order valence-corrected chi connectivity index (χ2v) is 3.29. The van der Waals surface area contributed by atoms with E-state index in [2.05, 4.69) is 12.2 Å². The van der Waals surface area contributed by atoms with Crippen LogP contribution in [0.4, 0.5) is 0 Å². The van der Waals surface area contributed by atoms with Gasteiger partial charge in [0.05, 0.1) is 13.2 Å². The number of ether oxygens (including phenoxy) is 2. The molecule has 2 atom stereocenters. The van der Waals surface area contributed by atoms with Gasteiger partial charge in [-0.1, -0.05) is 0 Å². The van der Waals surface area contributed by atoms with Crippen LogP contribution < -0.4 is 5.32 Å². The van der Waals surface area contributed by atoms with Crippen LogP contribution in [0.15, 0.2) is 0 Å². The summed E-state index contributed by atoms with van der Waals surface area (Å²) in [5, 5.41) is 3.46. The average molecular weight is 173 g/mol. The fourth-order valence-corrected chi connectivity index (χ4v) is 1.41. The molecule has 0 aromatic heterocycles. The van der Waals surface area contributed by atoms with Gasteiger partial charge in [-0.15, -0.1) is 0 Å². The first-order chi connectivity index (χ1) is 5.83. The molecule has 12 heavy (non-hydrogen) atoms. The van der Waals surface area contributed by atoms with Crippen molar-refractivity contribution in [3.05, 3.63) is 0 Å². The van der Waals surface area contributed by atoms with Gasteiger partial charge in [0.2, 0.25) is 0 Å². The van der Waals surface area contributed by atoms with Gasteiger partial charge in [0.15, 0.2) is 0 Å². The highest BCUT2D eigenvalue weighted by atomic mass is 16.5. The number of hydrogen-bond donors (Lipinski definition) is 1. The molecule has 0 saturated carbocycles. The van der Waals surface area contributed by atoms with E-state index < -0.39 is 0 Å². The summed E-state index contributed by atoms with van der Waals surface area (Å²) >= 11 is 0. The van der Waals surface area contributed by atoms with E-state index >= 15 is 0 Å². The summed E-state index contributed by atoms with van der Waals surface area (Å²) in [7, 11) is 0. The monoisotopic (exact) mass is 173 g/mol. The molecule has 1 fully saturated rings. The van der Waals surface area contributed by atoms with E-state index in [0.29, 0.717) is 12.1 Å². The van der Waals surface area contributed by atoms with Gasteiger partial charge in [-0.05, 0) is 20.3 Å². The lowest BCUT2D eigenvalue weighted by Crippen LogP contribution is -2.39. The number of hydrogen-bond acceptors (Lipinski definition) is 3. The fourth-order valence-electron chi connectivity index (χ4n) is 1.41. The van der Waals surface area contributed by atoms with Crippen molar-refractivity contribution in [3.63, 3.8) is 0 Å². The Balaban J connectivity index is 2.03. The molecule has 0 bridgehead atoms. The summed E-state index contributed by atoms with van der Waals surface area (Å²) in [6.07, 6.45) is 1.14. The van der Waals surface area contributed by atoms with Crippen molar-refractivity contribution in [2.45, 2.75) is 32.4 Å². The van der Waals surface area contributed by atoms with E-state index in [9.17, 15) is 0 Å². The summed E-state index contributed by atoms with van der Waals surface area (Å²) in [4.78, 5) is 0. The molecule has 1 saturated heterocycles. The molecule has 1 rings (SSSR count). The Morgan fingerprint density at radius 1 is 1.67 bits per heavy atom. The third-order valence-corrected chi connectivity index (χ3v) is 2.02. The minimum absolute atomic E-state index is 0.441. The minimum atomic E-state index is 0.441. The van der Waals surface area contributed by atoms with Gasteiger partial charge < -0.3 is 14.8 Å². The van der Waals surface area contributed by atoms with Crippen molar-refractivity contribution in [1.82, 2.24) is 5.32 Å². The molecule has 3 heteroatoms. The largest absolute Gasteiger partial charge is 0.380 e. The zero-order valence-corrected chi connectivity index (χ0v) is 8.01. The van der Waals surface area contributed by atoms with Crippen molar-refractivity contribution in [2.75, 3.05) is 26.4 Å². The zero-order chi connectivity index (χ0) is 8.81. The average Bonchev–Trinajstić information content (AvgIpc) is 2.53. The van der Waals surface area contributed by atoms with Gasteiger partial charge >= 0.3 is 0 Å². The Hall–Kier alpha value is -0.120.